The van der Waals surface area contributed by atoms with E-state index in [1.165, 1.54) is 0 Å². The summed E-state index contributed by atoms with van der Waals surface area (Å²) in [6.07, 6.45) is 3.13. The highest BCUT2D eigenvalue weighted by atomic mass is 16.5. The number of likely N-dealkylation sites (tertiary alicyclic amines) is 2. The van der Waals surface area contributed by atoms with Crippen molar-refractivity contribution >= 4 is 11.8 Å². The van der Waals surface area contributed by atoms with Crippen LogP contribution in [0.5, 0.6) is 5.75 Å². The third-order valence-electron chi connectivity index (χ3n) is 5.44. The van der Waals surface area contributed by atoms with E-state index in [1.54, 1.807) is 19.1 Å². The van der Waals surface area contributed by atoms with Crippen molar-refractivity contribution in [2.45, 2.75) is 31.7 Å². The Labute approximate surface area is 155 Å². The highest BCUT2D eigenvalue weighted by molar-refractivity contribution is 5.89. The van der Waals surface area contributed by atoms with E-state index in [-0.39, 0.29) is 23.8 Å². The average molecular weight is 360 g/mol. The van der Waals surface area contributed by atoms with E-state index in [4.69, 9.17) is 9.47 Å². The van der Waals surface area contributed by atoms with Crippen LogP contribution in [0.2, 0.25) is 0 Å². The van der Waals surface area contributed by atoms with Crippen LogP contribution in [-0.2, 0) is 20.7 Å². The van der Waals surface area contributed by atoms with Crippen molar-refractivity contribution in [2.24, 2.45) is 5.92 Å². The monoisotopic (exact) mass is 360 g/mol. The number of amides is 2. The van der Waals surface area contributed by atoms with Crippen molar-refractivity contribution in [1.29, 1.82) is 0 Å². The Morgan fingerprint density at radius 2 is 2.08 bits per heavy atom. The molecule has 2 fully saturated rings. The standard InChI is InChI=1S/C20H28N2O4/c1-25-11-10-21-14-16(13-19(21)23)20(24)22-9-5-7-17(22)12-15-6-3-4-8-18(15)26-2/h3-4,6,8,16-17H,5,7,9-14H2,1-2H3/t16-,17-/m1/s1. The number of rotatable bonds is 7. The maximum atomic E-state index is 13.1. The van der Waals surface area contributed by atoms with E-state index in [9.17, 15) is 9.59 Å². The zero-order valence-electron chi connectivity index (χ0n) is 15.6. The topological polar surface area (TPSA) is 59.1 Å². The zero-order valence-corrected chi connectivity index (χ0v) is 15.6. The van der Waals surface area contributed by atoms with Gasteiger partial charge in [-0.25, -0.2) is 0 Å². The molecule has 2 aliphatic heterocycles. The van der Waals surface area contributed by atoms with Gasteiger partial charge in [0.05, 0.1) is 19.6 Å². The van der Waals surface area contributed by atoms with Crippen LogP contribution in [0, 0.1) is 5.92 Å². The molecule has 142 valence electrons. The Hall–Kier alpha value is -2.08. The van der Waals surface area contributed by atoms with E-state index in [1.807, 2.05) is 23.1 Å². The SMILES string of the molecule is COCCN1C[C@H](C(=O)N2CCC[C@@H]2Cc2ccccc2OC)CC1=O. The molecule has 1 aromatic carbocycles. The first-order valence-electron chi connectivity index (χ1n) is 9.33. The van der Waals surface area contributed by atoms with Crippen LogP contribution in [0.1, 0.15) is 24.8 Å². The van der Waals surface area contributed by atoms with Crippen molar-refractivity contribution in [2.75, 3.05) is 40.5 Å². The lowest BCUT2D eigenvalue weighted by Crippen LogP contribution is -2.41. The summed E-state index contributed by atoms with van der Waals surface area (Å²) >= 11 is 0. The molecule has 2 saturated heterocycles. The highest BCUT2D eigenvalue weighted by Gasteiger charge is 2.39. The first-order chi connectivity index (χ1) is 12.6. The van der Waals surface area contributed by atoms with Crippen LogP contribution in [-0.4, -0.2) is 68.1 Å². The fraction of sp³-hybridized carbons (Fsp3) is 0.600. The molecule has 6 heteroatoms. The van der Waals surface area contributed by atoms with Gasteiger partial charge in [-0.1, -0.05) is 18.2 Å². The van der Waals surface area contributed by atoms with Gasteiger partial charge in [-0.15, -0.1) is 0 Å². The van der Waals surface area contributed by atoms with Gasteiger partial charge in [0.1, 0.15) is 5.75 Å². The number of carbonyl (C=O) groups is 2. The first-order valence-corrected chi connectivity index (χ1v) is 9.33. The molecule has 26 heavy (non-hydrogen) atoms. The van der Waals surface area contributed by atoms with Gasteiger partial charge < -0.3 is 19.3 Å². The molecule has 1 aromatic rings. The number of benzene rings is 1. The Kier molecular flexibility index (Phi) is 6.14. The summed E-state index contributed by atoms with van der Waals surface area (Å²) in [6, 6.07) is 8.16. The van der Waals surface area contributed by atoms with Gasteiger partial charge in [-0.3, -0.25) is 9.59 Å². The molecule has 0 unspecified atom stereocenters. The molecular formula is C20H28N2O4. The molecule has 0 aliphatic carbocycles. The minimum atomic E-state index is -0.224. The molecule has 2 amide bonds. The number of carbonyl (C=O) groups excluding carboxylic acids is 2. The largest absolute Gasteiger partial charge is 0.496 e. The molecular weight excluding hydrogens is 332 g/mol. The van der Waals surface area contributed by atoms with Gasteiger partial charge in [0.2, 0.25) is 11.8 Å². The quantitative estimate of drug-likeness (QED) is 0.743. The van der Waals surface area contributed by atoms with Gasteiger partial charge in [0.15, 0.2) is 0 Å². The van der Waals surface area contributed by atoms with Crippen LogP contribution in [0.3, 0.4) is 0 Å². The van der Waals surface area contributed by atoms with Gasteiger partial charge in [-0.05, 0) is 30.9 Å². The average Bonchev–Trinajstić information content (AvgIpc) is 3.26. The first kappa shape index (κ1) is 18.7. The minimum absolute atomic E-state index is 0.0564. The summed E-state index contributed by atoms with van der Waals surface area (Å²) in [5, 5.41) is 0. The van der Waals surface area contributed by atoms with Gasteiger partial charge in [0.25, 0.3) is 0 Å². The predicted octanol–water partition coefficient (Wildman–Crippen LogP) is 1.72. The second kappa shape index (κ2) is 8.54. The smallest absolute Gasteiger partial charge is 0.228 e. The molecule has 0 radical (unpaired) electrons. The molecule has 2 heterocycles. The van der Waals surface area contributed by atoms with Crippen LogP contribution >= 0.6 is 0 Å². The van der Waals surface area contributed by atoms with Gasteiger partial charge in [-0.2, -0.15) is 0 Å². The number of nitrogens with zero attached hydrogens (tertiary/aromatic N) is 2. The van der Waals surface area contributed by atoms with Crippen molar-refractivity contribution in [3.8, 4) is 5.75 Å². The lowest BCUT2D eigenvalue weighted by Gasteiger charge is -2.28. The third-order valence-corrected chi connectivity index (χ3v) is 5.44. The Balaban J connectivity index is 1.64. The summed E-state index contributed by atoms with van der Waals surface area (Å²) < 4.78 is 10.5. The lowest BCUT2D eigenvalue weighted by molar-refractivity contribution is -0.136. The maximum absolute atomic E-state index is 13.1. The lowest BCUT2D eigenvalue weighted by atomic mass is 10.0. The molecule has 6 nitrogen and oxygen atoms in total. The van der Waals surface area contributed by atoms with E-state index in [2.05, 4.69) is 6.07 Å². The minimum Gasteiger partial charge on any atom is -0.496 e. The van der Waals surface area contributed by atoms with E-state index in [0.29, 0.717) is 26.1 Å². The molecule has 2 aliphatic rings. The van der Waals surface area contributed by atoms with Crippen LogP contribution in [0.25, 0.3) is 0 Å². The zero-order chi connectivity index (χ0) is 18.5. The number of para-hydroxylation sites is 1. The molecule has 0 bridgehead atoms. The fourth-order valence-corrected chi connectivity index (χ4v) is 4.05. The predicted molar refractivity (Wildman–Crippen MR) is 98.0 cm³/mol. The Bertz CT molecular complexity index is 648. The normalized spacial score (nSPS) is 22.9. The van der Waals surface area contributed by atoms with E-state index in [0.717, 1.165) is 37.1 Å². The van der Waals surface area contributed by atoms with E-state index < -0.39 is 0 Å². The Morgan fingerprint density at radius 3 is 2.85 bits per heavy atom. The summed E-state index contributed by atoms with van der Waals surface area (Å²) in [7, 11) is 3.30. The van der Waals surface area contributed by atoms with E-state index >= 15 is 0 Å². The second-order valence-electron chi connectivity index (χ2n) is 7.08. The number of hydrogen-bond donors (Lipinski definition) is 0. The fourth-order valence-electron chi connectivity index (χ4n) is 4.05. The van der Waals surface area contributed by atoms with Crippen molar-refractivity contribution < 1.29 is 19.1 Å². The van der Waals surface area contributed by atoms with Crippen molar-refractivity contribution in [1.82, 2.24) is 9.80 Å². The number of methoxy groups -OCH3 is 2. The molecule has 0 saturated carbocycles. The molecule has 3 rings (SSSR count). The number of hydrogen-bond acceptors (Lipinski definition) is 4. The van der Waals surface area contributed by atoms with Crippen LogP contribution < -0.4 is 4.74 Å². The van der Waals surface area contributed by atoms with Gasteiger partial charge >= 0.3 is 0 Å². The van der Waals surface area contributed by atoms with Crippen molar-refractivity contribution in [3.63, 3.8) is 0 Å². The highest BCUT2D eigenvalue weighted by Crippen LogP contribution is 2.29. The van der Waals surface area contributed by atoms with Crippen LogP contribution in [0.4, 0.5) is 0 Å². The maximum Gasteiger partial charge on any atom is 0.228 e. The third kappa shape index (κ3) is 4.01. The molecule has 0 N–H and O–H groups in total. The number of ether oxygens (including phenoxy) is 2. The second-order valence-corrected chi connectivity index (χ2v) is 7.08. The van der Waals surface area contributed by atoms with Crippen LogP contribution in [0.15, 0.2) is 24.3 Å². The summed E-state index contributed by atoms with van der Waals surface area (Å²) in [5.41, 5.74) is 1.13. The molecule has 0 spiro atoms. The summed E-state index contributed by atoms with van der Waals surface area (Å²) in [5.74, 6) is 0.822. The van der Waals surface area contributed by atoms with Gasteiger partial charge in [0, 0.05) is 39.2 Å². The summed E-state index contributed by atoms with van der Waals surface area (Å²) in [4.78, 5) is 28.9. The van der Waals surface area contributed by atoms with Crippen molar-refractivity contribution in [3.05, 3.63) is 29.8 Å². The Morgan fingerprint density at radius 1 is 1.27 bits per heavy atom. The molecule has 2 atom stereocenters. The molecule has 0 aromatic heterocycles. The summed E-state index contributed by atoms with van der Waals surface area (Å²) in [6.45, 7) is 2.36.